The van der Waals surface area contributed by atoms with Gasteiger partial charge in [0.15, 0.2) is 16.7 Å². The lowest BCUT2D eigenvalue weighted by atomic mass is 9.96. The Labute approximate surface area is 225 Å². The molecule has 0 amide bonds. The summed E-state index contributed by atoms with van der Waals surface area (Å²) in [5, 5.41) is 3.77. The van der Waals surface area contributed by atoms with Crippen molar-refractivity contribution in [3.8, 4) is 5.75 Å². The Morgan fingerprint density at radius 2 is 1.71 bits per heavy atom. The minimum atomic E-state index is -3.80. The fourth-order valence-electron chi connectivity index (χ4n) is 4.61. The molecule has 4 heterocycles. The van der Waals surface area contributed by atoms with Crippen molar-refractivity contribution in [1.82, 2.24) is 24.8 Å². The molecule has 2 N–H and O–H groups in total. The number of thiocarbonyl (C=S) groups is 1. The number of hydrogen-bond donors (Lipinski definition) is 2. The summed E-state index contributed by atoms with van der Waals surface area (Å²) in [4.78, 5) is 21.2. The third-order valence-corrected chi connectivity index (χ3v) is 8.24. The average molecular weight is 549 g/mol. The second-order valence-corrected chi connectivity index (χ2v) is 11.0. The van der Waals surface area contributed by atoms with E-state index < -0.39 is 10.0 Å². The summed E-state index contributed by atoms with van der Waals surface area (Å²) >= 11 is 5.64. The molecule has 11 nitrogen and oxygen atoms in total. The van der Waals surface area contributed by atoms with E-state index in [9.17, 15) is 8.42 Å². The number of sulfonamides is 1. The van der Waals surface area contributed by atoms with E-state index in [1.807, 2.05) is 18.2 Å². The highest BCUT2D eigenvalue weighted by Crippen LogP contribution is 2.44. The summed E-state index contributed by atoms with van der Waals surface area (Å²) in [5.74, 6) is 1.71. The largest absolute Gasteiger partial charge is 0.479 e. The molecule has 2 aliphatic heterocycles. The zero-order valence-corrected chi connectivity index (χ0v) is 21.8. The van der Waals surface area contributed by atoms with E-state index >= 15 is 0 Å². The van der Waals surface area contributed by atoms with Crippen molar-refractivity contribution in [2.24, 2.45) is 0 Å². The van der Waals surface area contributed by atoms with E-state index in [2.05, 4.69) is 45.9 Å². The van der Waals surface area contributed by atoms with Gasteiger partial charge in [0.2, 0.25) is 5.95 Å². The SMILES string of the molecule is O=S(=O)(Nc1ncccn1)c1ccc(NC(=S)N2CCN(c3ncnc4c3OC3C=CC=CC43)CC2)cc1. The molecule has 6 rings (SSSR count). The normalized spacial score (nSPS) is 19.9. The maximum atomic E-state index is 12.6. The lowest BCUT2D eigenvalue weighted by molar-refractivity contribution is 0.267. The van der Waals surface area contributed by atoms with Gasteiger partial charge in [-0.25, -0.2) is 33.1 Å². The summed E-state index contributed by atoms with van der Waals surface area (Å²) in [7, 11) is -3.80. The van der Waals surface area contributed by atoms with E-state index in [4.69, 9.17) is 17.0 Å². The van der Waals surface area contributed by atoms with E-state index in [0.29, 0.717) is 23.9 Å². The van der Waals surface area contributed by atoms with Crippen molar-refractivity contribution >= 4 is 44.8 Å². The Kier molecular flexibility index (Phi) is 6.37. The maximum absolute atomic E-state index is 12.6. The van der Waals surface area contributed by atoms with Gasteiger partial charge in [0, 0.05) is 44.3 Å². The molecule has 0 spiro atoms. The number of ether oxygens (including phenoxy) is 1. The summed E-state index contributed by atoms with van der Waals surface area (Å²) in [5.41, 5.74) is 1.62. The number of allylic oxidation sites excluding steroid dienone is 2. The number of fused-ring (bicyclic) bond motifs is 3. The molecular formula is C25H24N8O3S2. The van der Waals surface area contributed by atoms with Crippen molar-refractivity contribution in [2.75, 3.05) is 41.1 Å². The first-order valence-corrected chi connectivity index (χ1v) is 13.9. The van der Waals surface area contributed by atoms with E-state index in [-0.39, 0.29) is 22.9 Å². The van der Waals surface area contributed by atoms with E-state index in [0.717, 1.165) is 30.4 Å². The van der Waals surface area contributed by atoms with Crippen LogP contribution in [0.4, 0.5) is 17.5 Å². The molecule has 0 bridgehead atoms. The van der Waals surface area contributed by atoms with Gasteiger partial charge < -0.3 is 19.9 Å². The van der Waals surface area contributed by atoms with E-state index in [1.165, 1.54) is 24.5 Å². The molecule has 0 radical (unpaired) electrons. The van der Waals surface area contributed by atoms with Crippen molar-refractivity contribution in [2.45, 2.75) is 16.9 Å². The second-order valence-electron chi connectivity index (χ2n) is 8.90. The van der Waals surface area contributed by atoms with Gasteiger partial charge in [0.25, 0.3) is 10.0 Å². The maximum Gasteiger partial charge on any atom is 0.264 e. The molecule has 3 aliphatic rings. The van der Waals surface area contributed by atoms with Crippen LogP contribution in [0.5, 0.6) is 5.75 Å². The Morgan fingerprint density at radius 1 is 0.974 bits per heavy atom. The van der Waals surface area contributed by atoms with Crippen LogP contribution in [0.15, 0.2) is 78.3 Å². The van der Waals surface area contributed by atoms with Crippen LogP contribution in [0.1, 0.15) is 11.6 Å². The van der Waals surface area contributed by atoms with Crippen molar-refractivity contribution in [3.63, 3.8) is 0 Å². The Bertz CT molecular complexity index is 1510. The molecule has 38 heavy (non-hydrogen) atoms. The Morgan fingerprint density at radius 3 is 2.47 bits per heavy atom. The van der Waals surface area contributed by atoms with Crippen LogP contribution in [-0.4, -0.2) is 70.6 Å². The van der Waals surface area contributed by atoms with Gasteiger partial charge >= 0.3 is 0 Å². The number of rotatable bonds is 5. The Balaban J connectivity index is 1.06. The van der Waals surface area contributed by atoms with Gasteiger partial charge in [-0.3, -0.25) is 0 Å². The minimum Gasteiger partial charge on any atom is -0.479 e. The molecule has 2 unspecified atom stereocenters. The quantitative estimate of drug-likeness (QED) is 0.457. The number of nitrogens with zero attached hydrogens (tertiary/aromatic N) is 6. The predicted octanol–water partition coefficient (Wildman–Crippen LogP) is 2.56. The van der Waals surface area contributed by atoms with Gasteiger partial charge in [-0.05, 0) is 48.6 Å². The zero-order chi connectivity index (χ0) is 26.1. The number of piperazine rings is 1. The third-order valence-electron chi connectivity index (χ3n) is 6.54. The van der Waals surface area contributed by atoms with Crippen LogP contribution >= 0.6 is 12.2 Å². The minimum absolute atomic E-state index is 0.0144. The molecule has 1 aliphatic carbocycles. The van der Waals surface area contributed by atoms with Crippen LogP contribution in [0.3, 0.4) is 0 Å². The summed E-state index contributed by atoms with van der Waals surface area (Å²) in [6, 6.07) is 7.97. The molecular weight excluding hydrogens is 524 g/mol. The van der Waals surface area contributed by atoms with Crippen LogP contribution in [0.2, 0.25) is 0 Å². The smallest absolute Gasteiger partial charge is 0.264 e. The third kappa shape index (κ3) is 4.77. The first-order chi connectivity index (χ1) is 18.5. The monoisotopic (exact) mass is 548 g/mol. The number of hydrogen-bond acceptors (Lipinski definition) is 9. The number of aromatic nitrogens is 4. The fourth-order valence-corrected chi connectivity index (χ4v) is 5.87. The number of anilines is 3. The molecule has 2 atom stereocenters. The summed E-state index contributed by atoms with van der Waals surface area (Å²) < 4.78 is 33.8. The van der Waals surface area contributed by atoms with Gasteiger partial charge in [-0.1, -0.05) is 18.2 Å². The lowest BCUT2D eigenvalue weighted by Gasteiger charge is -2.37. The molecule has 1 aromatic carbocycles. The molecule has 1 fully saturated rings. The molecule has 1 saturated heterocycles. The summed E-state index contributed by atoms with van der Waals surface area (Å²) in [6.45, 7) is 2.84. The lowest BCUT2D eigenvalue weighted by Crippen LogP contribution is -2.50. The first kappa shape index (κ1) is 24.2. The summed E-state index contributed by atoms with van der Waals surface area (Å²) in [6.07, 6.45) is 12.7. The second kappa shape index (κ2) is 9.99. The topological polar surface area (TPSA) is 125 Å². The van der Waals surface area contributed by atoms with Crippen molar-refractivity contribution < 1.29 is 13.2 Å². The fraction of sp³-hybridized carbons (Fsp3) is 0.240. The standard InChI is InChI=1S/C25H24N8O3S2/c34-38(35,31-24-26-10-3-11-27-24)18-8-6-17(7-9-18)30-25(37)33-14-12-32(13-15-33)23-22-21(28-16-29-23)19-4-1-2-5-20(19)36-22/h1-11,16,19-20H,12-15H2,(H,30,37)(H,26,27,31). The molecule has 3 aromatic rings. The highest BCUT2D eigenvalue weighted by atomic mass is 32.2. The van der Waals surface area contributed by atoms with Crippen LogP contribution < -0.4 is 19.7 Å². The predicted molar refractivity (Wildman–Crippen MR) is 147 cm³/mol. The number of benzene rings is 1. The van der Waals surface area contributed by atoms with Crippen LogP contribution in [-0.2, 0) is 10.0 Å². The molecule has 194 valence electrons. The van der Waals surface area contributed by atoms with Gasteiger partial charge in [0.05, 0.1) is 16.5 Å². The molecule has 0 saturated carbocycles. The van der Waals surface area contributed by atoms with Crippen molar-refractivity contribution in [3.05, 3.63) is 79.1 Å². The van der Waals surface area contributed by atoms with Gasteiger partial charge in [-0.2, -0.15) is 0 Å². The number of nitrogens with one attached hydrogen (secondary N) is 2. The van der Waals surface area contributed by atoms with Crippen molar-refractivity contribution in [1.29, 1.82) is 0 Å². The average Bonchev–Trinajstić information content (AvgIpc) is 3.33. The van der Waals surface area contributed by atoms with Gasteiger partial charge in [-0.15, -0.1) is 0 Å². The first-order valence-electron chi connectivity index (χ1n) is 12.1. The highest BCUT2D eigenvalue weighted by Gasteiger charge is 2.37. The molecule has 2 aromatic heterocycles. The Hall–Kier alpha value is -4.10. The van der Waals surface area contributed by atoms with Crippen LogP contribution in [0.25, 0.3) is 0 Å². The molecule has 13 heteroatoms. The highest BCUT2D eigenvalue weighted by molar-refractivity contribution is 7.92. The zero-order valence-electron chi connectivity index (χ0n) is 20.1. The van der Waals surface area contributed by atoms with Crippen LogP contribution in [0, 0.1) is 0 Å². The van der Waals surface area contributed by atoms with E-state index in [1.54, 1.807) is 24.5 Å². The van der Waals surface area contributed by atoms with Gasteiger partial charge in [0.1, 0.15) is 12.4 Å².